The van der Waals surface area contributed by atoms with E-state index in [2.05, 4.69) is 10.2 Å². The number of amidine groups is 1. The third-order valence-electron chi connectivity index (χ3n) is 7.26. The molecule has 2 amide bonds. The zero-order chi connectivity index (χ0) is 27.4. The number of esters is 1. The Morgan fingerprint density at radius 3 is 2.41 bits per heavy atom. The lowest BCUT2D eigenvalue weighted by Gasteiger charge is -2.31. The molecule has 9 heteroatoms. The van der Waals surface area contributed by atoms with Gasteiger partial charge in [0.1, 0.15) is 11.9 Å². The van der Waals surface area contributed by atoms with Crippen molar-refractivity contribution in [3.8, 4) is 0 Å². The van der Waals surface area contributed by atoms with Gasteiger partial charge in [-0.3, -0.25) is 24.8 Å². The summed E-state index contributed by atoms with van der Waals surface area (Å²) in [7, 11) is 0. The predicted octanol–water partition coefficient (Wildman–Crippen LogP) is 4.20. The zero-order valence-electron chi connectivity index (χ0n) is 21.9. The van der Waals surface area contributed by atoms with Crippen LogP contribution >= 0.6 is 0 Å². The summed E-state index contributed by atoms with van der Waals surface area (Å²) >= 11 is 0. The average Bonchev–Trinajstić information content (AvgIpc) is 3.32. The third-order valence-corrected chi connectivity index (χ3v) is 7.26. The molecule has 1 unspecified atom stereocenters. The Kier molecular flexibility index (Phi) is 7.88. The number of hydrogen-bond acceptors (Lipinski definition) is 7. The Morgan fingerprint density at radius 2 is 1.69 bits per heavy atom. The fourth-order valence-electron chi connectivity index (χ4n) is 5.12. The lowest BCUT2D eigenvalue weighted by molar-refractivity contribution is -0.149. The summed E-state index contributed by atoms with van der Waals surface area (Å²) < 4.78 is 10.7. The van der Waals surface area contributed by atoms with Gasteiger partial charge in [0.2, 0.25) is 0 Å². The number of nitrogens with one attached hydrogen (secondary N) is 2. The number of piperidine rings is 1. The highest BCUT2D eigenvalue weighted by Gasteiger charge is 2.35. The van der Waals surface area contributed by atoms with Crippen LogP contribution in [0.4, 0.5) is 10.5 Å². The molecule has 2 aliphatic rings. The van der Waals surface area contributed by atoms with Crippen LogP contribution in [0.2, 0.25) is 0 Å². The molecule has 2 N–H and O–H groups in total. The first-order valence-electron chi connectivity index (χ1n) is 13.3. The second kappa shape index (κ2) is 11.7. The van der Waals surface area contributed by atoms with Gasteiger partial charge in [-0.15, -0.1) is 0 Å². The number of hydrogen-bond donors (Lipinski definition) is 2. The normalized spacial score (nSPS) is 18.1. The lowest BCUT2D eigenvalue weighted by Crippen LogP contribution is -2.41. The SMILES string of the molecule is CCOC(=O)C1CCN(CC2CN(c3ccc(C(=N)NC(=O)c4ccc5ccccc5c4)cc3)C(=O)O2)CC1. The van der Waals surface area contributed by atoms with E-state index in [-0.39, 0.29) is 29.7 Å². The lowest BCUT2D eigenvalue weighted by atomic mass is 9.97. The van der Waals surface area contributed by atoms with E-state index in [0.29, 0.717) is 36.5 Å². The van der Waals surface area contributed by atoms with Crippen molar-refractivity contribution in [1.82, 2.24) is 10.2 Å². The molecule has 2 fully saturated rings. The monoisotopic (exact) mass is 528 g/mol. The van der Waals surface area contributed by atoms with E-state index in [4.69, 9.17) is 14.9 Å². The largest absolute Gasteiger partial charge is 0.466 e. The first-order valence-corrected chi connectivity index (χ1v) is 13.3. The van der Waals surface area contributed by atoms with E-state index in [1.54, 1.807) is 41.3 Å². The van der Waals surface area contributed by atoms with Crippen LogP contribution in [0.1, 0.15) is 35.7 Å². The number of fused-ring (bicyclic) bond motifs is 1. The minimum atomic E-state index is -0.408. The van der Waals surface area contributed by atoms with Crippen LogP contribution in [0.25, 0.3) is 10.8 Å². The van der Waals surface area contributed by atoms with Crippen molar-refractivity contribution in [2.75, 3.05) is 37.7 Å². The number of ether oxygens (including phenoxy) is 2. The Morgan fingerprint density at radius 1 is 1.00 bits per heavy atom. The van der Waals surface area contributed by atoms with Gasteiger partial charge in [0.15, 0.2) is 0 Å². The van der Waals surface area contributed by atoms with E-state index < -0.39 is 6.09 Å². The number of nitrogens with zero attached hydrogens (tertiary/aromatic N) is 2. The second-order valence-electron chi connectivity index (χ2n) is 9.88. The summed E-state index contributed by atoms with van der Waals surface area (Å²) in [5.41, 5.74) is 1.67. The van der Waals surface area contributed by atoms with Gasteiger partial charge >= 0.3 is 12.1 Å². The van der Waals surface area contributed by atoms with Gasteiger partial charge in [0, 0.05) is 23.4 Å². The van der Waals surface area contributed by atoms with Crippen molar-refractivity contribution >= 4 is 40.3 Å². The van der Waals surface area contributed by atoms with Crippen molar-refractivity contribution < 1.29 is 23.9 Å². The predicted molar refractivity (Wildman–Crippen MR) is 148 cm³/mol. The molecule has 2 saturated heterocycles. The molecule has 0 aliphatic carbocycles. The van der Waals surface area contributed by atoms with E-state index in [9.17, 15) is 14.4 Å². The highest BCUT2D eigenvalue weighted by molar-refractivity contribution is 6.12. The van der Waals surface area contributed by atoms with Crippen molar-refractivity contribution in [1.29, 1.82) is 5.41 Å². The highest BCUT2D eigenvalue weighted by atomic mass is 16.6. The molecule has 0 saturated carbocycles. The number of likely N-dealkylation sites (tertiary alicyclic amines) is 1. The summed E-state index contributed by atoms with van der Waals surface area (Å²) in [4.78, 5) is 41.1. The van der Waals surface area contributed by atoms with E-state index in [0.717, 1.165) is 36.7 Å². The van der Waals surface area contributed by atoms with E-state index in [1.807, 2.05) is 37.3 Å². The molecule has 39 heavy (non-hydrogen) atoms. The van der Waals surface area contributed by atoms with Gasteiger partial charge < -0.3 is 14.8 Å². The molecule has 0 bridgehead atoms. The number of amides is 2. The Labute approximate surface area is 227 Å². The zero-order valence-corrected chi connectivity index (χ0v) is 21.9. The van der Waals surface area contributed by atoms with E-state index in [1.165, 1.54) is 0 Å². The number of rotatable bonds is 7. The fourth-order valence-corrected chi connectivity index (χ4v) is 5.12. The van der Waals surface area contributed by atoms with Crippen LogP contribution in [-0.4, -0.2) is 67.6 Å². The van der Waals surface area contributed by atoms with Gasteiger partial charge in [-0.25, -0.2) is 4.79 Å². The van der Waals surface area contributed by atoms with Crippen LogP contribution in [-0.2, 0) is 14.3 Å². The van der Waals surface area contributed by atoms with Gasteiger partial charge in [0.05, 0.1) is 19.1 Å². The van der Waals surface area contributed by atoms with Crippen LogP contribution in [0, 0.1) is 11.3 Å². The molecule has 2 aliphatic heterocycles. The standard InChI is InChI=1S/C30H32N4O5/c1-2-38-29(36)22-13-15-33(16-14-22)18-26-19-34(30(37)39-26)25-11-9-21(10-12-25)27(31)32-28(35)24-8-7-20-5-3-4-6-23(20)17-24/h3-12,17,22,26H,2,13-16,18-19H2,1H3,(H2,31,32,35). The van der Waals surface area contributed by atoms with Gasteiger partial charge in [0.25, 0.3) is 5.91 Å². The molecule has 5 rings (SSSR count). The average molecular weight is 529 g/mol. The molecule has 9 nitrogen and oxygen atoms in total. The van der Waals surface area contributed by atoms with Crippen LogP contribution < -0.4 is 10.2 Å². The number of benzene rings is 3. The number of cyclic esters (lactones) is 1. The van der Waals surface area contributed by atoms with Crippen molar-refractivity contribution in [3.63, 3.8) is 0 Å². The van der Waals surface area contributed by atoms with E-state index >= 15 is 0 Å². The second-order valence-corrected chi connectivity index (χ2v) is 9.88. The fraction of sp³-hybridized carbons (Fsp3) is 0.333. The molecule has 1 atom stereocenters. The quantitative estimate of drug-likeness (QED) is 0.270. The number of carbonyl (C=O) groups is 3. The molecule has 3 aromatic carbocycles. The topological polar surface area (TPSA) is 112 Å². The molecular formula is C30H32N4O5. The van der Waals surface area contributed by atoms with Crippen LogP contribution in [0.15, 0.2) is 66.7 Å². The first-order chi connectivity index (χ1) is 18.9. The van der Waals surface area contributed by atoms with Crippen molar-refractivity contribution in [2.24, 2.45) is 5.92 Å². The summed E-state index contributed by atoms with van der Waals surface area (Å²) in [6.07, 6.45) is 0.812. The number of anilines is 1. The smallest absolute Gasteiger partial charge is 0.414 e. The van der Waals surface area contributed by atoms with Crippen LogP contribution in [0.5, 0.6) is 0 Å². The first kappa shape index (κ1) is 26.4. The minimum absolute atomic E-state index is 0.0206. The summed E-state index contributed by atoms with van der Waals surface area (Å²) in [5.74, 6) is -0.557. The molecule has 2 heterocycles. The minimum Gasteiger partial charge on any atom is -0.466 e. The van der Waals surface area contributed by atoms with Crippen molar-refractivity contribution in [2.45, 2.75) is 25.9 Å². The maximum atomic E-state index is 12.7. The van der Waals surface area contributed by atoms with Gasteiger partial charge in [-0.2, -0.15) is 0 Å². The highest BCUT2D eigenvalue weighted by Crippen LogP contribution is 2.25. The van der Waals surface area contributed by atoms with Crippen LogP contribution in [0.3, 0.4) is 0 Å². The molecular weight excluding hydrogens is 496 g/mol. The molecule has 3 aromatic rings. The number of carbonyl (C=O) groups excluding carboxylic acids is 3. The third kappa shape index (κ3) is 6.09. The van der Waals surface area contributed by atoms with Gasteiger partial charge in [-0.1, -0.05) is 30.3 Å². The summed E-state index contributed by atoms with van der Waals surface area (Å²) in [6.45, 7) is 4.77. The maximum Gasteiger partial charge on any atom is 0.414 e. The Balaban J connectivity index is 1.14. The molecule has 0 aromatic heterocycles. The molecule has 202 valence electrons. The molecule has 0 radical (unpaired) electrons. The summed E-state index contributed by atoms with van der Waals surface area (Å²) in [5, 5.41) is 13.0. The molecule has 0 spiro atoms. The summed E-state index contributed by atoms with van der Waals surface area (Å²) in [6, 6.07) is 20.1. The maximum absolute atomic E-state index is 12.7. The Hall–Kier alpha value is -4.24. The Bertz CT molecular complexity index is 1380. The van der Waals surface area contributed by atoms with Crippen molar-refractivity contribution in [3.05, 3.63) is 77.9 Å². The van der Waals surface area contributed by atoms with Gasteiger partial charge in [-0.05, 0) is 80.0 Å².